The molecule has 1 N–H and O–H groups in total. The summed E-state index contributed by atoms with van der Waals surface area (Å²) in [5, 5.41) is 3.47. The number of nitrogens with one attached hydrogen (secondary N) is 1. The first-order valence-corrected chi connectivity index (χ1v) is 11.9. The summed E-state index contributed by atoms with van der Waals surface area (Å²) in [4.78, 5) is 18.2. The number of likely N-dealkylation sites (tertiary alicyclic amines) is 2. The van der Waals surface area contributed by atoms with Crippen LogP contribution in [-0.2, 0) is 10.3 Å². The van der Waals surface area contributed by atoms with Gasteiger partial charge in [0.2, 0.25) is 5.91 Å². The SMILES string of the molecule is O=C(CN1CCCC1CN1CCCC1)NC1(c2ccc3c(c2)OCCO3)CCCC1. The molecular weight excluding hydrogens is 378 g/mol. The van der Waals surface area contributed by atoms with E-state index in [-0.39, 0.29) is 11.4 Å². The second kappa shape index (κ2) is 8.75. The third-order valence-corrected chi connectivity index (χ3v) is 7.44. The molecule has 1 amide bonds. The number of benzene rings is 1. The minimum atomic E-state index is -0.267. The number of nitrogens with zero attached hydrogens (tertiary/aromatic N) is 2. The van der Waals surface area contributed by atoms with Crippen LogP contribution in [0.25, 0.3) is 0 Å². The molecule has 0 spiro atoms. The molecule has 164 valence electrons. The fourth-order valence-electron chi connectivity index (χ4n) is 5.87. The second-order valence-electron chi connectivity index (χ2n) is 9.47. The zero-order valence-corrected chi connectivity index (χ0v) is 18.0. The minimum absolute atomic E-state index is 0.167. The Morgan fingerprint density at radius 1 is 1.00 bits per heavy atom. The number of hydrogen-bond acceptors (Lipinski definition) is 5. The third kappa shape index (κ3) is 4.17. The Balaban J connectivity index is 1.26. The normalized spacial score (nSPS) is 26.2. The second-order valence-corrected chi connectivity index (χ2v) is 9.47. The van der Waals surface area contributed by atoms with Gasteiger partial charge in [0.25, 0.3) is 0 Å². The van der Waals surface area contributed by atoms with Crippen LogP contribution >= 0.6 is 0 Å². The molecule has 1 aliphatic carbocycles. The summed E-state index contributed by atoms with van der Waals surface area (Å²) in [5.41, 5.74) is 0.893. The topological polar surface area (TPSA) is 54.0 Å². The summed E-state index contributed by atoms with van der Waals surface area (Å²) in [7, 11) is 0. The lowest BCUT2D eigenvalue weighted by molar-refractivity contribution is -0.124. The van der Waals surface area contributed by atoms with Crippen LogP contribution in [0.3, 0.4) is 0 Å². The standard InChI is InChI=1S/C24H35N3O3/c28-23(18-27-13-5-6-20(27)17-26-11-3-4-12-26)25-24(9-1-2-10-24)19-7-8-21-22(16-19)30-15-14-29-21/h7-8,16,20H,1-6,9-15,17-18H2,(H,25,28). The molecule has 1 unspecified atom stereocenters. The lowest BCUT2D eigenvalue weighted by atomic mass is 9.87. The molecule has 6 nitrogen and oxygen atoms in total. The van der Waals surface area contributed by atoms with Gasteiger partial charge in [0.15, 0.2) is 11.5 Å². The fraction of sp³-hybridized carbons (Fsp3) is 0.708. The summed E-state index contributed by atoms with van der Waals surface area (Å²) in [5.74, 6) is 1.79. The maximum Gasteiger partial charge on any atom is 0.234 e. The smallest absolute Gasteiger partial charge is 0.234 e. The summed E-state index contributed by atoms with van der Waals surface area (Å²) >= 11 is 0. The molecule has 1 aromatic carbocycles. The quantitative estimate of drug-likeness (QED) is 0.777. The average molecular weight is 414 g/mol. The largest absolute Gasteiger partial charge is 0.486 e. The summed E-state index contributed by atoms with van der Waals surface area (Å²) in [6.45, 7) is 6.33. The van der Waals surface area contributed by atoms with Crippen LogP contribution in [0.2, 0.25) is 0 Å². The fourth-order valence-corrected chi connectivity index (χ4v) is 5.87. The van der Waals surface area contributed by atoms with Crippen molar-refractivity contribution in [2.45, 2.75) is 62.9 Å². The minimum Gasteiger partial charge on any atom is -0.486 e. The zero-order valence-electron chi connectivity index (χ0n) is 18.0. The van der Waals surface area contributed by atoms with Crippen molar-refractivity contribution in [3.05, 3.63) is 23.8 Å². The van der Waals surface area contributed by atoms with Gasteiger partial charge in [0.05, 0.1) is 12.1 Å². The number of carbonyl (C=O) groups excluding carboxylic acids is 1. The molecule has 3 fully saturated rings. The Bertz CT molecular complexity index is 756. The van der Waals surface area contributed by atoms with Crippen molar-refractivity contribution in [1.29, 1.82) is 0 Å². The molecule has 0 aromatic heterocycles. The molecule has 3 heterocycles. The van der Waals surface area contributed by atoms with Gasteiger partial charge in [-0.25, -0.2) is 0 Å². The summed E-state index contributed by atoms with van der Waals surface area (Å²) < 4.78 is 11.5. The van der Waals surface area contributed by atoms with E-state index in [0.717, 1.165) is 55.8 Å². The average Bonchev–Trinajstić information content (AvgIpc) is 3.52. The molecule has 3 aliphatic heterocycles. The maximum absolute atomic E-state index is 13.2. The van der Waals surface area contributed by atoms with Crippen LogP contribution in [0.1, 0.15) is 56.9 Å². The van der Waals surface area contributed by atoms with Gasteiger partial charge in [0.1, 0.15) is 13.2 Å². The van der Waals surface area contributed by atoms with E-state index in [9.17, 15) is 4.79 Å². The Hall–Kier alpha value is -1.79. The van der Waals surface area contributed by atoms with Crippen LogP contribution in [-0.4, -0.2) is 67.7 Å². The highest BCUT2D eigenvalue weighted by Crippen LogP contribution is 2.42. The summed E-state index contributed by atoms with van der Waals surface area (Å²) in [6, 6.07) is 6.74. The van der Waals surface area contributed by atoms with Crippen molar-refractivity contribution in [3.63, 3.8) is 0 Å². The Kier molecular flexibility index (Phi) is 5.87. The Morgan fingerprint density at radius 2 is 1.77 bits per heavy atom. The molecule has 5 rings (SSSR count). The lowest BCUT2D eigenvalue weighted by Gasteiger charge is -2.34. The van der Waals surface area contributed by atoms with E-state index < -0.39 is 0 Å². The van der Waals surface area contributed by atoms with E-state index >= 15 is 0 Å². The number of carbonyl (C=O) groups is 1. The van der Waals surface area contributed by atoms with E-state index in [1.807, 2.05) is 6.07 Å². The van der Waals surface area contributed by atoms with Gasteiger partial charge in [-0.3, -0.25) is 9.69 Å². The highest BCUT2D eigenvalue weighted by Gasteiger charge is 2.39. The molecule has 6 heteroatoms. The van der Waals surface area contributed by atoms with Crippen LogP contribution in [0.5, 0.6) is 11.5 Å². The molecule has 1 atom stereocenters. The predicted octanol–water partition coefficient (Wildman–Crippen LogP) is 2.90. The van der Waals surface area contributed by atoms with Crippen molar-refractivity contribution in [3.8, 4) is 11.5 Å². The van der Waals surface area contributed by atoms with Crippen LogP contribution in [0, 0.1) is 0 Å². The molecule has 1 saturated carbocycles. The molecular formula is C24H35N3O3. The van der Waals surface area contributed by atoms with Gasteiger partial charge in [-0.15, -0.1) is 0 Å². The van der Waals surface area contributed by atoms with Gasteiger partial charge in [-0.1, -0.05) is 18.9 Å². The van der Waals surface area contributed by atoms with Crippen molar-refractivity contribution in [2.75, 3.05) is 45.9 Å². The maximum atomic E-state index is 13.2. The van der Waals surface area contributed by atoms with Crippen molar-refractivity contribution < 1.29 is 14.3 Å². The first-order valence-electron chi connectivity index (χ1n) is 11.9. The van der Waals surface area contributed by atoms with E-state index in [0.29, 0.717) is 25.8 Å². The highest BCUT2D eigenvalue weighted by atomic mass is 16.6. The van der Waals surface area contributed by atoms with Gasteiger partial charge in [-0.05, 0) is 75.9 Å². The molecule has 2 saturated heterocycles. The van der Waals surface area contributed by atoms with Gasteiger partial charge < -0.3 is 19.7 Å². The van der Waals surface area contributed by atoms with E-state index in [1.165, 1.54) is 38.8 Å². The zero-order chi connectivity index (χ0) is 20.4. The number of fused-ring (bicyclic) bond motifs is 1. The number of hydrogen-bond donors (Lipinski definition) is 1. The predicted molar refractivity (Wildman–Crippen MR) is 116 cm³/mol. The van der Waals surface area contributed by atoms with Gasteiger partial charge in [-0.2, -0.15) is 0 Å². The third-order valence-electron chi connectivity index (χ3n) is 7.44. The lowest BCUT2D eigenvalue weighted by Crippen LogP contribution is -2.50. The van der Waals surface area contributed by atoms with Crippen molar-refractivity contribution >= 4 is 5.91 Å². The number of rotatable bonds is 6. The molecule has 30 heavy (non-hydrogen) atoms. The van der Waals surface area contributed by atoms with E-state index in [4.69, 9.17) is 9.47 Å². The highest BCUT2D eigenvalue weighted by molar-refractivity contribution is 5.79. The first-order chi connectivity index (χ1) is 14.7. The first kappa shape index (κ1) is 20.1. The number of amides is 1. The Labute approximate surface area is 179 Å². The molecule has 4 aliphatic rings. The van der Waals surface area contributed by atoms with Crippen LogP contribution < -0.4 is 14.8 Å². The summed E-state index contributed by atoms with van der Waals surface area (Å²) in [6.07, 6.45) is 9.36. The number of ether oxygens (including phenoxy) is 2. The molecule has 0 radical (unpaired) electrons. The Morgan fingerprint density at radius 3 is 2.57 bits per heavy atom. The van der Waals surface area contributed by atoms with E-state index in [2.05, 4.69) is 27.2 Å². The van der Waals surface area contributed by atoms with Gasteiger partial charge >= 0.3 is 0 Å². The molecule has 0 bridgehead atoms. The molecule has 1 aromatic rings. The monoisotopic (exact) mass is 413 g/mol. The van der Waals surface area contributed by atoms with Crippen molar-refractivity contribution in [2.24, 2.45) is 0 Å². The van der Waals surface area contributed by atoms with Crippen molar-refractivity contribution in [1.82, 2.24) is 15.1 Å². The van der Waals surface area contributed by atoms with Crippen LogP contribution in [0.15, 0.2) is 18.2 Å². The van der Waals surface area contributed by atoms with E-state index in [1.54, 1.807) is 0 Å². The van der Waals surface area contributed by atoms with Crippen LogP contribution in [0.4, 0.5) is 0 Å². The van der Waals surface area contributed by atoms with Gasteiger partial charge in [0, 0.05) is 12.6 Å².